The molecule has 0 fully saturated rings. The number of phosphoric ester groups is 2. The molecule has 17 nitrogen and oxygen atoms in total. The summed E-state index contributed by atoms with van der Waals surface area (Å²) < 4.78 is 68.7. The van der Waals surface area contributed by atoms with E-state index >= 15 is 0 Å². The maximum absolute atomic E-state index is 13.1. The lowest BCUT2D eigenvalue weighted by molar-refractivity contribution is -0.161. The van der Waals surface area contributed by atoms with Crippen LogP contribution in [0.5, 0.6) is 0 Å². The highest BCUT2D eigenvalue weighted by atomic mass is 31.2. The van der Waals surface area contributed by atoms with Crippen molar-refractivity contribution in [3.8, 4) is 0 Å². The fourth-order valence-electron chi connectivity index (χ4n) is 12.2. The van der Waals surface area contributed by atoms with Crippen molar-refractivity contribution >= 4 is 39.5 Å². The third-order valence-electron chi connectivity index (χ3n) is 19.3. The van der Waals surface area contributed by atoms with Crippen molar-refractivity contribution < 1.29 is 80.2 Å². The van der Waals surface area contributed by atoms with Gasteiger partial charge in [-0.1, -0.05) is 357 Å². The molecule has 99 heavy (non-hydrogen) atoms. The molecule has 588 valence electrons. The minimum atomic E-state index is -4.96. The molecule has 0 rings (SSSR count). The lowest BCUT2D eigenvalue weighted by atomic mass is 9.99. The average Bonchev–Trinajstić information content (AvgIpc) is 2.53. The molecule has 4 unspecified atom stereocenters. The number of esters is 4. The van der Waals surface area contributed by atoms with Crippen molar-refractivity contribution in [2.45, 2.75) is 427 Å². The van der Waals surface area contributed by atoms with Crippen molar-refractivity contribution in [3.05, 3.63) is 0 Å². The minimum absolute atomic E-state index is 0.106. The molecule has 0 aliphatic carbocycles. The topological polar surface area (TPSA) is 237 Å². The predicted octanol–water partition coefficient (Wildman–Crippen LogP) is 23.6. The van der Waals surface area contributed by atoms with Crippen molar-refractivity contribution in [2.75, 3.05) is 39.6 Å². The van der Waals surface area contributed by atoms with Gasteiger partial charge in [0.2, 0.25) is 0 Å². The highest BCUT2D eigenvalue weighted by Crippen LogP contribution is 2.45. The van der Waals surface area contributed by atoms with E-state index in [4.69, 9.17) is 37.0 Å². The molecule has 0 aliphatic rings. The SMILES string of the molecule is CCC(C)CCCCCCCCCCCCCCCCC(=O)O[C@H](COC(=O)CCCCCCCCC(C)CC)COP(=O)(O)OC[C@H](O)COP(=O)(O)OC[C@@H](COC(=O)CCCCCCCCCCCCCCCCC(C)C)OC(=O)CCCCCCCCCCCCCC(C)C. The summed E-state index contributed by atoms with van der Waals surface area (Å²) in [5, 5.41) is 10.6. The molecule has 0 aromatic heterocycles. The summed E-state index contributed by atoms with van der Waals surface area (Å²) in [6.07, 6.45) is 55.4. The third-order valence-corrected chi connectivity index (χ3v) is 21.2. The molecule has 7 atom stereocenters. The number of carbonyl (C=O) groups excluding carboxylic acids is 4. The Labute approximate surface area is 607 Å². The van der Waals surface area contributed by atoms with Crippen LogP contribution in [0.2, 0.25) is 0 Å². The second-order valence-corrected chi connectivity index (χ2v) is 33.1. The Balaban J connectivity index is 5.24. The summed E-state index contributed by atoms with van der Waals surface area (Å²) in [4.78, 5) is 73.0. The molecule has 3 N–H and O–H groups in total. The summed E-state index contributed by atoms with van der Waals surface area (Å²) in [6.45, 7) is 14.3. The van der Waals surface area contributed by atoms with Gasteiger partial charge in [-0.3, -0.25) is 37.3 Å². The Morgan fingerprint density at radius 2 is 0.485 bits per heavy atom. The van der Waals surface area contributed by atoms with Crippen LogP contribution in [-0.2, 0) is 65.4 Å². The monoisotopic (exact) mass is 1450 g/mol. The molecule has 0 saturated carbocycles. The Bertz CT molecular complexity index is 1940. The Morgan fingerprint density at radius 1 is 0.283 bits per heavy atom. The standard InChI is InChI=1S/C80H156O17P2/c1-9-72(7)58-50-42-34-28-22-16-12-14-18-24-30-36-46-54-62-79(84)97-76(67-91-78(83)61-53-45-39-38-43-51-59-73(8)10-2)69-95-99(88,89)93-65-74(81)64-92-98(86,87)94-68-75(96-80(85)63-55-47-37-31-25-19-21-27-33-41-49-57-71(5)6)66-90-77(82)60-52-44-35-29-23-17-13-11-15-20-26-32-40-48-56-70(3)4/h70-76,81H,9-69H2,1-8H3,(H,86,87)(H,88,89)/t72?,73?,74-,75-,76-/m1/s1. The molecule has 0 aromatic rings. The highest BCUT2D eigenvalue weighted by Gasteiger charge is 2.30. The van der Waals surface area contributed by atoms with Gasteiger partial charge in [0.25, 0.3) is 0 Å². The van der Waals surface area contributed by atoms with Gasteiger partial charge in [0, 0.05) is 25.7 Å². The summed E-state index contributed by atoms with van der Waals surface area (Å²) in [6, 6.07) is 0. The van der Waals surface area contributed by atoms with Crippen LogP contribution in [-0.4, -0.2) is 96.7 Å². The van der Waals surface area contributed by atoms with Crippen molar-refractivity contribution in [3.63, 3.8) is 0 Å². The number of ether oxygens (including phenoxy) is 4. The molecular weight excluding hydrogens is 1290 g/mol. The van der Waals surface area contributed by atoms with E-state index in [9.17, 15) is 43.2 Å². The lowest BCUT2D eigenvalue weighted by Crippen LogP contribution is -2.30. The van der Waals surface area contributed by atoms with Crippen LogP contribution in [0.15, 0.2) is 0 Å². The minimum Gasteiger partial charge on any atom is -0.462 e. The molecule has 0 aliphatic heterocycles. The van der Waals surface area contributed by atoms with Gasteiger partial charge in [-0.2, -0.15) is 0 Å². The molecule has 0 bridgehead atoms. The van der Waals surface area contributed by atoms with Gasteiger partial charge in [-0.25, -0.2) is 9.13 Å². The Hall–Kier alpha value is -1.94. The van der Waals surface area contributed by atoms with Gasteiger partial charge in [0.1, 0.15) is 19.3 Å². The van der Waals surface area contributed by atoms with E-state index in [2.05, 4.69) is 55.4 Å². The first-order chi connectivity index (χ1) is 47.7. The molecule has 0 aromatic carbocycles. The van der Waals surface area contributed by atoms with Gasteiger partial charge < -0.3 is 33.8 Å². The molecule has 0 saturated heterocycles. The molecule has 0 radical (unpaired) electrons. The summed E-state index contributed by atoms with van der Waals surface area (Å²) in [5.74, 6) is 1.03. The molecular formula is C80H156O17P2. The number of aliphatic hydroxyl groups excluding tert-OH is 1. The number of aliphatic hydroxyl groups is 1. The van der Waals surface area contributed by atoms with E-state index in [1.54, 1.807) is 0 Å². The Morgan fingerprint density at radius 3 is 0.717 bits per heavy atom. The molecule has 0 amide bonds. The summed E-state index contributed by atoms with van der Waals surface area (Å²) in [7, 11) is -9.92. The van der Waals surface area contributed by atoms with E-state index in [1.165, 1.54) is 205 Å². The van der Waals surface area contributed by atoms with Crippen LogP contribution in [0.25, 0.3) is 0 Å². The maximum Gasteiger partial charge on any atom is 0.472 e. The number of phosphoric acid groups is 2. The quantitative estimate of drug-likeness (QED) is 0.0222. The van der Waals surface area contributed by atoms with E-state index in [-0.39, 0.29) is 25.7 Å². The summed E-state index contributed by atoms with van der Waals surface area (Å²) >= 11 is 0. The van der Waals surface area contributed by atoms with E-state index in [1.807, 2.05) is 0 Å². The second-order valence-electron chi connectivity index (χ2n) is 30.2. The van der Waals surface area contributed by atoms with Crippen LogP contribution < -0.4 is 0 Å². The normalized spacial score (nSPS) is 14.6. The number of carbonyl (C=O) groups is 4. The van der Waals surface area contributed by atoms with E-state index in [0.29, 0.717) is 25.7 Å². The van der Waals surface area contributed by atoms with Gasteiger partial charge in [-0.15, -0.1) is 0 Å². The average molecular weight is 1450 g/mol. The van der Waals surface area contributed by atoms with Crippen LogP contribution in [0.1, 0.15) is 409 Å². The Kier molecular flexibility index (Phi) is 67.8. The van der Waals surface area contributed by atoms with Crippen molar-refractivity contribution in [2.24, 2.45) is 23.7 Å². The third kappa shape index (κ3) is 71.5. The largest absolute Gasteiger partial charge is 0.472 e. The number of rotatable bonds is 77. The molecule has 0 heterocycles. The van der Waals surface area contributed by atoms with Crippen LogP contribution in [0.3, 0.4) is 0 Å². The zero-order chi connectivity index (χ0) is 73.1. The first-order valence-electron chi connectivity index (χ1n) is 41.3. The van der Waals surface area contributed by atoms with Gasteiger partial charge in [-0.05, 0) is 49.4 Å². The fraction of sp³-hybridized carbons (Fsp3) is 0.950. The van der Waals surface area contributed by atoms with Crippen LogP contribution in [0.4, 0.5) is 0 Å². The summed E-state index contributed by atoms with van der Waals surface area (Å²) in [5.41, 5.74) is 0. The zero-order valence-electron chi connectivity index (χ0n) is 65.1. The van der Waals surface area contributed by atoms with Crippen molar-refractivity contribution in [1.82, 2.24) is 0 Å². The molecule has 19 heteroatoms. The lowest BCUT2D eigenvalue weighted by Gasteiger charge is -2.21. The first kappa shape index (κ1) is 97.1. The van der Waals surface area contributed by atoms with E-state index in [0.717, 1.165) is 120 Å². The van der Waals surface area contributed by atoms with E-state index < -0.39 is 97.5 Å². The van der Waals surface area contributed by atoms with Crippen LogP contribution >= 0.6 is 15.6 Å². The van der Waals surface area contributed by atoms with Gasteiger partial charge in [0.15, 0.2) is 12.2 Å². The van der Waals surface area contributed by atoms with Crippen molar-refractivity contribution in [1.29, 1.82) is 0 Å². The first-order valence-corrected chi connectivity index (χ1v) is 44.3. The van der Waals surface area contributed by atoms with Gasteiger partial charge >= 0.3 is 39.5 Å². The number of hydrogen-bond acceptors (Lipinski definition) is 15. The maximum atomic E-state index is 13.1. The smallest absolute Gasteiger partial charge is 0.462 e. The van der Waals surface area contributed by atoms with Gasteiger partial charge in [0.05, 0.1) is 26.4 Å². The molecule has 0 spiro atoms. The second kappa shape index (κ2) is 69.1. The number of hydrogen-bond donors (Lipinski definition) is 3. The zero-order valence-corrected chi connectivity index (χ0v) is 66.9. The predicted molar refractivity (Wildman–Crippen MR) is 404 cm³/mol. The fourth-order valence-corrected chi connectivity index (χ4v) is 13.8. The van der Waals surface area contributed by atoms with Crippen LogP contribution in [0, 0.1) is 23.7 Å². The highest BCUT2D eigenvalue weighted by molar-refractivity contribution is 7.47. The number of unbranched alkanes of at least 4 members (excludes halogenated alkanes) is 41.